The first kappa shape index (κ1) is 19.2. The average molecular weight is 377 g/mol. The van der Waals surface area contributed by atoms with Crippen molar-refractivity contribution in [3.05, 3.63) is 34.9 Å². The number of amides is 2. The van der Waals surface area contributed by atoms with Gasteiger partial charge < -0.3 is 10.2 Å². The summed E-state index contributed by atoms with van der Waals surface area (Å²) < 4.78 is 0. The van der Waals surface area contributed by atoms with E-state index in [9.17, 15) is 4.79 Å². The van der Waals surface area contributed by atoms with E-state index in [2.05, 4.69) is 29.4 Å². The number of urea groups is 1. The Kier molecular flexibility index (Phi) is 6.54. The van der Waals surface area contributed by atoms with Crippen molar-refractivity contribution < 1.29 is 4.79 Å². The Morgan fingerprint density at radius 2 is 1.92 bits per heavy atom. The zero-order valence-electron chi connectivity index (χ0n) is 15.7. The predicted molar refractivity (Wildman–Crippen MR) is 107 cm³/mol. The molecule has 26 heavy (non-hydrogen) atoms. The molecule has 3 rings (SSSR count). The van der Waals surface area contributed by atoms with Crippen LogP contribution >= 0.6 is 11.6 Å². The van der Waals surface area contributed by atoms with Crippen LogP contribution in [0.25, 0.3) is 0 Å². The van der Waals surface area contributed by atoms with Crippen LogP contribution in [0.5, 0.6) is 0 Å². The van der Waals surface area contributed by atoms with Crippen molar-refractivity contribution in [1.29, 1.82) is 0 Å². The molecule has 6 heteroatoms. The van der Waals surface area contributed by atoms with Crippen molar-refractivity contribution in [2.45, 2.75) is 44.6 Å². The van der Waals surface area contributed by atoms with Crippen molar-refractivity contribution >= 4 is 23.3 Å². The van der Waals surface area contributed by atoms with Crippen LogP contribution in [-0.4, -0.2) is 54.9 Å². The third kappa shape index (κ3) is 4.98. The maximum Gasteiger partial charge on any atom is 0.338 e. The maximum absolute atomic E-state index is 12.7. The van der Waals surface area contributed by atoms with E-state index in [1.54, 1.807) is 5.01 Å². The van der Waals surface area contributed by atoms with Gasteiger partial charge in [0.15, 0.2) is 0 Å². The number of rotatable bonds is 5. The minimum atomic E-state index is -0.0595. The van der Waals surface area contributed by atoms with Gasteiger partial charge in [0.25, 0.3) is 0 Å². The quantitative estimate of drug-likeness (QED) is 0.845. The Morgan fingerprint density at radius 3 is 2.58 bits per heavy atom. The van der Waals surface area contributed by atoms with Crippen molar-refractivity contribution in [1.82, 2.24) is 15.2 Å². The third-order valence-electron chi connectivity index (χ3n) is 5.24. The summed E-state index contributed by atoms with van der Waals surface area (Å²) in [6, 6.07) is 7.99. The second-order valence-corrected chi connectivity index (χ2v) is 8.08. The second kappa shape index (κ2) is 8.87. The molecule has 1 heterocycles. The fourth-order valence-electron chi connectivity index (χ4n) is 3.73. The van der Waals surface area contributed by atoms with Crippen molar-refractivity contribution in [2.75, 3.05) is 27.2 Å². The zero-order chi connectivity index (χ0) is 18.5. The fourth-order valence-corrected chi connectivity index (χ4v) is 3.85. The van der Waals surface area contributed by atoms with Crippen LogP contribution in [0.3, 0.4) is 0 Å². The minimum Gasteiger partial charge on any atom is -0.334 e. The van der Waals surface area contributed by atoms with E-state index in [1.807, 2.05) is 24.3 Å². The molecule has 142 valence electrons. The van der Waals surface area contributed by atoms with Crippen LogP contribution in [0, 0.1) is 5.92 Å². The molecule has 0 radical (unpaired) electrons. The highest BCUT2D eigenvalue weighted by Gasteiger charge is 2.31. The van der Waals surface area contributed by atoms with E-state index in [0.29, 0.717) is 17.6 Å². The summed E-state index contributed by atoms with van der Waals surface area (Å²) in [5.41, 5.74) is 2.04. The Balaban J connectivity index is 1.71. The molecule has 1 N–H and O–H groups in total. The molecule has 2 aliphatic rings. The first-order valence-corrected chi connectivity index (χ1v) is 9.98. The number of carbonyl (C=O) groups is 1. The van der Waals surface area contributed by atoms with E-state index >= 15 is 0 Å². The van der Waals surface area contributed by atoms with E-state index < -0.39 is 0 Å². The standard InChI is InChI=1S/C20H29ClN4O/c1-24(2)13-12-16-14-25(20(26)22-18-6-4-3-5-7-18)23-19(16)15-8-10-17(21)11-9-15/h8-11,16,18H,3-7,12-14H2,1-2H3,(H,22,26). The second-order valence-electron chi connectivity index (χ2n) is 7.65. The highest BCUT2D eigenvalue weighted by Crippen LogP contribution is 2.25. The van der Waals surface area contributed by atoms with Crippen LogP contribution in [0.2, 0.25) is 5.02 Å². The predicted octanol–water partition coefficient (Wildman–Crippen LogP) is 3.97. The van der Waals surface area contributed by atoms with Crippen LogP contribution in [0.1, 0.15) is 44.1 Å². The maximum atomic E-state index is 12.7. The molecule has 1 aromatic rings. The molecule has 1 atom stereocenters. The fraction of sp³-hybridized carbons (Fsp3) is 0.600. The Morgan fingerprint density at radius 1 is 1.23 bits per heavy atom. The number of hydrogen-bond donors (Lipinski definition) is 1. The lowest BCUT2D eigenvalue weighted by Crippen LogP contribution is -2.43. The SMILES string of the molecule is CN(C)CCC1CN(C(=O)NC2CCCCC2)N=C1c1ccc(Cl)cc1. The molecule has 1 aliphatic carbocycles. The molecule has 1 aromatic carbocycles. The van der Waals surface area contributed by atoms with Gasteiger partial charge in [-0.25, -0.2) is 9.80 Å². The average Bonchev–Trinajstić information content (AvgIpc) is 3.06. The molecule has 2 amide bonds. The lowest BCUT2D eigenvalue weighted by molar-refractivity contribution is 0.192. The number of nitrogens with zero attached hydrogens (tertiary/aromatic N) is 3. The first-order valence-electron chi connectivity index (χ1n) is 9.60. The van der Waals surface area contributed by atoms with Gasteiger partial charge in [-0.05, 0) is 57.6 Å². The van der Waals surface area contributed by atoms with Crippen molar-refractivity contribution in [2.24, 2.45) is 11.0 Å². The summed E-state index contributed by atoms with van der Waals surface area (Å²) >= 11 is 6.02. The summed E-state index contributed by atoms with van der Waals surface area (Å²) in [6.07, 6.45) is 6.82. The summed E-state index contributed by atoms with van der Waals surface area (Å²) in [4.78, 5) is 14.9. The van der Waals surface area contributed by atoms with Gasteiger partial charge in [-0.2, -0.15) is 5.10 Å². The number of carbonyl (C=O) groups excluding carboxylic acids is 1. The van der Waals surface area contributed by atoms with Gasteiger partial charge in [-0.3, -0.25) is 0 Å². The third-order valence-corrected chi connectivity index (χ3v) is 5.49. The topological polar surface area (TPSA) is 47.9 Å². The number of hydrogen-bond acceptors (Lipinski definition) is 3. The lowest BCUT2D eigenvalue weighted by atomic mass is 9.94. The molecule has 1 unspecified atom stereocenters. The first-order chi connectivity index (χ1) is 12.5. The molecular formula is C20H29ClN4O. The summed E-state index contributed by atoms with van der Waals surface area (Å²) in [6.45, 7) is 1.61. The summed E-state index contributed by atoms with van der Waals surface area (Å²) in [7, 11) is 4.14. The van der Waals surface area contributed by atoms with Crippen LogP contribution in [0.4, 0.5) is 4.79 Å². The number of halogens is 1. The Hall–Kier alpha value is -1.59. The summed E-state index contributed by atoms with van der Waals surface area (Å²) in [5, 5.41) is 10.2. The van der Waals surface area contributed by atoms with Gasteiger partial charge in [-0.15, -0.1) is 0 Å². The van der Waals surface area contributed by atoms with Crippen molar-refractivity contribution in [3.63, 3.8) is 0 Å². The van der Waals surface area contributed by atoms with Crippen LogP contribution in [-0.2, 0) is 0 Å². The largest absolute Gasteiger partial charge is 0.338 e. The molecule has 0 bridgehead atoms. The smallest absolute Gasteiger partial charge is 0.334 e. The molecule has 0 saturated heterocycles. The molecule has 0 aromatic heterocycles. The number of hydrazone groups is 1. The van der Waals surface area contributed by atoms with Gasteiger partial charge in [-0.1, -0.05) is 43.0 Å². The van der Waals surface area contributed by atoms with Crippen molar-refractivity contribution in [3.8, 4) is 0 Å². The molecule has 5 nitrogen and oxygen atoms in total. The van der Waals surface area contributed by atoms with E-state index in [-0.39, 0.29) is 11.9 Å². The molecular weight excluding hydrogens is 348 g/mol. The minimum absolute atomic E-state index is 0.0595. The monoisotopic (exact) mass is 376 g/mol. The zero-order valence-corrected chi connectivity index (χ0v) is 16.5. The van der Waals surface area contributed by atoms with Crippen LogP contribution in [0.15, 0.2) is 29.4 Å². The van der Waals surface area contributed by atoms with Gasteiger partial charge in [0.05, 0.1) is 12.3 Å². The number of benzene rings is 1. The van der Waals surface area contributed by atoms with Gasteiger partial charge >= 0.3 is 6.03 Å². The van der Waals surface area contributed by atoms with Gasteiger partial charge in [0.2, 0.25) is 0 Å². The van der Waals surface area contributed by atoms with Crippen LogP contribution < -0.4 is 5.32 Å². The molecule has 1 fully saturated rings. The van der Waals surface area contributed by atoms with E-state index in [0.717, 1.165) is 37.1 Å². The molecule has 0 spiro atoms. The van der Waals surface area contributed by atoms with E-state index in [1.165, 1.54) is 19.3 Å². The van der Waals surface area contributed by atoms with Gasteiger partial charge in [0, 0.05) is 17.0 Å². The summed E-state index contributed by atoms with van der Waals surface area (Å²) in [5.74, 6) is 0.246. The number of nitrogens with one attached hydrogen (secondary N) is 1. The Labute approximate surface area is 161 Å². The molecule has 1 aliphatic heterocycles. The highest BCUT2D eigenvalue weighted by atomic mass is 35.5. The van der Waals surface area contributed by atoms with Gasteiger partial charge in [0.1, 0.15) is 0 Å². The molecule has 1 saturated carbocycles. The lowest BCUT2D eigenvalue weighted by Gasteiger charge is -2.25. The normalized spacial score (nSPS) is 21.2. The highest BCUT2D eigenvalue weighted by molar-refractivity contribution is 6.30. The van der Waals surface area contributed by atoms with E-state index in [4.69, 9.17) is 11.6 Å². The Bertz CT molecular complexity index is 638.